The summed E-state index contributed by atoms with van der Waals surface area (Å²) >= 11 is 0. The van der Waals surface area contributed by atoms with Crippen LogP contribution in [0.1, 0.15) is 33.1 Å². The van der Waals surface area contributed by atoms with Crippen LogP contribution in [0.5, 0.6) is 0 Å². The van der Waals surface area contributed by atoms with Gasteiger partial charge in [0.25, 0.3) is 5.56 Å². The van der Waals surface area contributed by atoms with Gasteiger partial charge in [-0.1, -0.05) is 26.7 Å². The van der Waals surface area contributed by atoms with Gasteiger partial charge in [0.15, 0.2) is 0 Å². The molecule has 0 unspecified atom stereocenters. The van der Waals surface area contributed by atoms with Gasteiger partial charge in [-0.25, -0.2) is 12.7 Å². The Kier molecular flexibility index (Phi) is 6.05. The lowest BCUT2D eigenvalue weighted by Crippen LogP contribution is -2.45. The Hall–Kier alpha value is -1.67. The number of amides is 1. The monoisotopic (exact) mass is 369 g/mol. The first-order valence-electron chi connectivity index (χ1n) is 8.55. The molecule has 0 radical (unpaired) electrons. The van der Waals surface area contributed by atoms with Crippen LogP contribution in [0.4, 0.5) is 0 Å². The van der Waals surface area contributed by atoms with Gasteiger partial charge in [-0.3, -0.25) is 9.59 Å². The third-order valence-electron chi connectivity index (χ3n) is 5.10. The molecule has 1 aromatic rings. The van der Waals surface area contributed by atoms with E-state index in [1.165, 1.54) is 32.4 Å². The van der Waals surface area contributed by atoms with Gasteiger partial charge < -0.3 is 9.88 Å². The van der Waals surface area contributed by atoms with E-state index in [1.807, 2.05) is 0 Å². The quantitative estimate of drug-likeness (QED) is 0.840. The number of rotatable bonds is 5. The minimum atomic E-state index is -3.65. The summed E-state index contributed by atoms with van der Waals surface area (Å²) in [5.41, 5.74) is -0.405. The molecule has 0 bridgehead atoms. The number of hydrogen-bond acceptors (Lipinski definition) is 4. The van der Waals surface area contributed by atoms with Crippen LogP contribution in [0.15, 0.2) is 28.0 Å². The summed E-state index contributed by atoms with van der Waals surface area (Å²) in [7, 11) is -0.814. The molecule has 1 amide bonds. The molecule has 8 heteroatoms. The molecular formula is C17H27N3O4S. The van der Waals surface area contributed by atoms with Gasteiger partial charge in [0, 0.05) is 32.4 Å². The van der Waals surface area contributed by atoms with Gasteiger partial charge >= 0.3 is 0 Å². The van der Waals surface area contributed by atoms with Gasteiger partial charge in [-0.15, -0.1) is 0 Å². The summed E-state index contributed by atoms with van der Waals surface area (Å²) in [6.45, 7) is 4.13. The number of nitrogens with zero attached hydrogens (tertiary/aromatic N) is 2. The summed E-state index contributed by atoms with van der Waals surface area (Å²) in [5.74, 6) is 0.665. The second kappa shape index (κ2) is 7.70. The Bertz CT molecular complexity index is 785. The molecule has 1 heterocycles. The number of sulfonamides is 1. The molecule has 0 aromatic carbocycles. The molecular weight excluding hydrogens is 342 g/mol. The fourth-order valence-electron chi connectivity index (χ4n) is 3.19. The van der Waals surface area contributed by atoms with Crippen LogP contribution in [-0.2, 0) is 21.4 Å². The molecule has 7 nitrogen and oxygen atoms in total. The van der Waals surface area contributed by atoms with Crippen molar-refractivity contribution in [1.29, 1.82) is 0 Å². The first kappa shape index (κ1) is 19.7. The zero-order valence-corrected chi connectivity index (χ0v) is 16.0. The van der Waals surface area contributed by atoms with Crippen LogP contribution in [0.25, 0.3) is 0 Å². The van der Waals surface area contributed by atoms with Crippen molar-refractivity contribution in [2.45, 2.75) is 50.6 Å². The van der Waals surface area contributed by atoms with E-state index in [2.05, 4.69) is 19.2 Å². The first-order valence-corrected chi connectivity index (χ1v) is 9.99. The summed E-state index contributed by atoms with van der Waals surface area (Å²) in [6, 6.07) is 2.53. The molecule has 3 atom stereocenters. The van der Waals surface area contributed by atoms with Crippen LogP contribution < -0.4 is 10.9 Å². The zero-order chi connectivity index (χ0) is 18.8. The van der Waals surface area contributed by atoms with Crippen LogP contribution in [-0.4, -0.2) is 43.3 Å². The summed E-state index contributed by atoms with van der Waals surface area (Å²) < 4.78 is 26.6. The van der Waals surface area contributed by atoms with E-state index in [4.69, 9.17) is 0 Å². The van der Waals surface area contributed by atoms with Crippen LogP contribution in [0.2, 0.25) is 0 Å². The van der Waals surface area contributed by atoms with Crippen LogP contribution in [0.3, 0.4) is 0 Å². The highest BCUT2D eigenvalue weighted by molar-refractivity contribution is 7.89. The van der Waals surface area contributed by atoms with Crippen molar-refractivity contribution >= 4 is 15.9 Å². The van der Waals surface area contributed by atoms with Crippen molar-refractivity contribution < 1.29 is 13.2 Å². The lowest BCUT2D eigenvalue weighted by atomic mass is 9.78. The predicted molar refractivity (Wildman–Crippen MR) is 95.7 cm³/mol. The Morgan fingerprint density at radius 3 is 2.60 bits per heavy atom. The highest BCUT2D eigenvalue weighted by Crippen LogP contribution is 2.29. The third kappa shape index (κ3) is 4.49. The average molecular weight is 369 g/mol. The van der Waals surface area contributed by atoms with E-state index in [9.17, 15) is 18.0 Å². The first-order chi connectivity index (χ1) is 11.6. The number of carbonyl (C=O) groups excluding carboxylic acids is 1. The van der Waals surface area contributed by atoms with Crippen LogP contribution in [0, 0.1) is 11.8 Å². The molecule has 0 aliphatic heterocycles. The summed E-state index contributed by atoms with van der Waals surface area (Å²) in [4.78, 5) is 24.3. The third-order valence-corrected chi connectivity index (χ3v) is 6.90. The summed E-state index contributed by atoms with van der Waals surface area (Å²) in [6.07, 6.45) is 4.40. The van der Waals surface area contributed by atoms with Gasteiger partial charge in [-0.05, 0) is 24.3 Å². The normalized spacial score (nSPS) is 24.3. The van der Waals surface area contributed by atoms with Crippen molar-refractivity contribution in [2.24, 2.45) is 11.8 Å². The maximum absolute atomic E-state index is 12.3. The van der Waals surface area contributed by atoms with E-state index in [1.54, 1.807) is 0 Å². The molecule has 1 N–H and O–H groups in total. The second-order valence-electron chi connectivity index (χ2n) is 7.06. The van der Waals surface area contributed by atoms with Gasteiger partial charge in [-0.2, -0.15) is 0 Å². The van der Waals surface area contributed by atoms with E-state index in [0.29, 0.717) is 11.8 Å². The standard InChI is InChI=1S/C17H27N3O4S/c1-12-6-5-7-15(13(12)2)18-16(21)11-20-10-14(8-9-17(20)22)25(23,24)19(3)4/h8-10,12-13,15H,5-7,11H2,1-4H3,(H,18,21)/t12-,13+,15+/m0/s1. The Labute approximate surface area is 149 Å². The van der Waals surface area contributed by atoms with Gasteiger partial charge in [0.05, 0.1) is 4.90 Å². The lowest BCUT2D eigenvalue weighted by molar-refractivity contribution is -0.123. The molecule has 1 fully saturated rings. The van der Waals surface area contributed by atoms with E-state index < -0.39 is 15.6 Å². The van der Waals surface area contributed by atoms with Crippen molar-refractivity contribution in [3.05, 3.63) is 28.7 Å². The summed E-state index contributed by atoms with van der Waals surface area (Å²) in [5, 5.41) is 3.00. The molecule has 1 aliphatic rings. The van der Waals surface area contributed by atoms with E-state index in [-0.39, 0.29) is 23.4 Å². The number of carbonyl (C=O) groups is 1. The minimum Gasteiger partial charge on any atom is -0.352 e. The van der Waals surface area contributed by atoms with Crippen molar-refractivity contribution in [2.75, 3.05) is 14.1 Å². The molecule has 1 aliphatic carbocycles. The van der Waals surface area contributed by atoms with E-state index >= 15 is 0 Å². The molecule has 1 aromatic heterocycles. The molecule has 2 rings (SSSR count). The molecule has 0 saturated heterocycles. The number of pyridine rings is 1. The largest absolute Gasteiger partial charge is 0.352 e. The molecule has 1 saturated carbocycles. The number of hydrogen-bond donors (Lipinski definition) is 1. The molecule has 0 spiro atoms. The van der Waals surface area contributed by atoms with E-state index in [0.717, 1.165) is 28.1 Å². The fourth-order valence-corrected chi connectivity index (χ4v) is 4.11. The fraction of sp³-hybridized carbons (Fsp3) is 0.647. The molecule has 140 valence electrons. The maximum atomic E-state index is 12.3. The average Bonchev–Trinajstić information content (AvgIpc) is 2.53. The minimum absolute atomic E-state index is 0.00967. The number of nitrogens with one attached hydrogen (secondary N) is 1. The SMILES string of the molecule is C[C@@H]1[C@@H](C)CCC[C@H]1NC(=O)Cn1cc(S(=O)(=O)N(C)C)ccc1=O. The highest BCUT2D eigenvalue weighted by atomic mass is 32.2. The Balaban J connectivity index is 2.14. The zero-order valence-electron chi connectivity index (χ0n) is 15.2. The van der Waals surface area contributed by atoms with Crippen molar-refractivity contribution in [1.82, 2.24) is 14.2 Å². The van der Waals surface area contributed by atoms with Crippen molar-refractivity contribution in [3.63, 3.8) is 0 Å². The van der Waals surface area contributed by atoms with Crippen LogP contribution >= 0.6 is 0 Å². The maximum Gasteiger partial charge on any atom is 0.251 e. The number of aromatic nitrogens is 1. The smallest absolute Gasteiger partial charge is 0.251 e. The highest BCUT2D eigenvalue weighted by Gasteiger charge is 2.28. The topological polar surface area (TPSA) is 88.5 Å². The predicted octanol–water partition coefficient (Wildman–Crippen LogP) is 1.04. The second-order valence-corrected chi connectivity index (χ2v) is 9.21. The lowest BCUT2D eigenvalue weighted by Gasteiger charge is -2.34. The Morgan fingerprint density at radius 2 is 1.96 bits per heavy atom. The van der Waals surface area contributed by atoms with Crippen molar-refractivity contribution in [3.8, 4) is 0 Å². The Morgan fingerprint density at radius 1 is 1.28 bits per heavy atom. The van der Waals surface area contributed by atoms with Gasteiger partial charge in [0.2, 0.25) is 15.9 Å². The van der Waals surface area contributed by atoms with Gasteiger partial charge in [0.1, 0.15) is 6.54 Å². The molecule has 25 heavy (non-hydrogen) atoms.